The first-order valence-corrected chi connectivity index (χ1v) is 5.87. The van der Waals surface area contributed by atoms with Gasteiger partial charge in [-0.2, -0.15) is 0 Å². The number of carbonyl (C=O) groups excluding carboxylic acids is 1. The molecule has 92 valence electrons. The van der Waals surface area contributed by atoms with E-state index in [1.165, 1.54) is 6.07 Å². The molecule has 1 heterocycles. The van der Waals surface area contributed by atoms with Gasteiger partial charge in [-0.15, -0.1) is 0 Å². The summed E-state index contributed by atoms with van der Waals surface area (Å²) in [4.78, 5) is 13.9. The summed E-state index contributed by atoms with van der Waals surface area (Å²) in [6.07, 6.45) is 0. The van der Waals surface area contributed by atoms with Crippen molar-refractivity contribution in [3.05, 3.63) is 35.1 Å². The zero-order valence-corrected chi connectivity index (χ0v) is 10.2. The third kappa shape index (κ3) is 2.64. The van der Waals surface area contributed by atoms with Crippen molar-refractivity contribution in [2.24, 2.45) is 0 Å². The van der Waals surface area contributed by atoms with Crippen LogP contribution in [0.5, 0.6) is 0 Å². The van der Waals surface area contributed by atoms with Crippen molar-refractivity contribution in [1.82, 2.24) is 10.2 Å². The lowest BCUT2D eigenvalue weighted by Gasteiger charge is -2.32. The van der Waals surface area contributed by atoms with Crippen molar-refractivity contribution in [1.29, 1.82) is 0 Å². The van der Waals surface area contributed by atoms with E-state index >= 15 is 0 Å². The quantitative estimate of drug-likeness (QED) is 0.802. The molecule has 1 aromatic carbocycles. The fourth-order valence-electron chi connectivity index (χ4n) is 2.09. The van der Waals surface area contributed by atoms with Crippen LogP contribution in [0.2, 0.25) is 0 Å². The van der Waals surface area contributed by atoms with Crippen LogP contribution in [0.4, 0.5) is 4.39 Å². The molecule has 1 aliphatic heterocycles. The number of nitrogens with one attached hydrogen (secondary N) is 1. The van der Waals surface area contributed by atoms with E-state index in [1.54, 1.807) is 17.0 Å². The zero-order valence-electron chi connectivity index (χ0n) is 10.2. The van der Waals surface area contributed by atoms with E-state index in [-0.39, 0.29) is 17.5 Å². The van der Waals surface area contributed by atoms with E-state index in [2.05, 4.69) is 5.32 Å². The van der Waals surface area contributed by atoms with Gasteiger partial charge in [0.15, 0.2) is 0 Å². The lowest BCUT2D eigenvalue weighted by atomic mass is 10.1. The summed E-state index contributed by atoms with van der Waals surface area (Å²) in [5, 5.41) is 3.26. The van der Waals surface area contributed by atoms with Crippen LogP contribution in [0.25, 0.3) is 0 Å². The maximum atomic E-state index is 13.6. The molecular weight excluding hydrogens is 219 g/mol. The number of amides is 1. The number of benzene rings is 1. The van der Waals surface area contributed by atoms with Crippen LogP contribution in [0.1, 0.15) is 22.8 Å². The van der Waals surface area contributed by atoms with Gasteiger partial charge in [0.25, 0.3) is 5.91 Å². The van der Waals surface area contributed by atoms with E-state index in [0.717, 1.165) is 12.1 Å². The standard InChI is InChI=1S/C13H17FN2O/c1-9-3-4-12(14)11(7-9)13(17)16-6-5-15-10(2)8-16/h3-4,7,10,15H,5-6,8H2,1-2H3/t10-/m1/s1. The van der Waals surface area contributed by atoms with E-state index in [9.17, 15) is 9.18 Å². The number of hydrogen-bond acceptors (Lipinski definition) is 2. The molecule has 1 N–H and O–H groups in total. The molecule has 17 heavy (non-hydrogen) atoms. The van der Waals surface area contributed by atoms with Crippen molar-refractivity contribution < 1.29 is 9.18 Å². The second-order valence-electron chi connectivity index (χ2n) is 4.59. The minimum atomic E-state index is -0.438. The SMILES string of the molecule is Cc1ccc(F)c(C(=O)N2CCN[C@H](C)C2)c1. The van der Waals surface area contributed by atoms with Gasteiger partial charge in [0.1, 0.15) is 5.82 Å². The van der Waals surface area contributed by atoms with Gasteiger partial charge < -0.3 is 10.2 Å². The molecule has 3 nitrogen and oxygen atoms in total. The number of aryl methyl sites for hydroxylation is 1. The smallest absolute Gasteiger partial charge is 0.256 e. The number of rotatable bonds is 1. The predicted octanol–water partition coefficient (Wildman–Crippen LogP) is 1.57. The highest BCUT2D eigenvalue weighted by Gasteiger charge is 2.23. The summed E-state index contributed by atoms with van der Waals surface area (Å²) in [6.45, 7) is 5.91. The largest absolute Gasteiger partial charge is 0.336 e. The van der Waals surface area contributed by atoms with Crippen LogP contribution >= 0.6 is 0 Å². The number of hydrogen-bond donors (Lipinski definition) is 1. The van der Waals surface area contributed by atoms with Gasteiger partial charge in [-0.3, -0.25) is 4.79 Å². The summed E-state index contributed by atoms with van der Waals surface area (Å²) in [7, 11) is 0. The van der Waals surface area contributed by atoms with Gasteiger partial charge in [-0.25, -0.2) is 4.39 Å². The molecule has 0 aromatic heterocycles. The molecule has 0 spiro atoms. The van der Waals surface area contributed by atoms with E-state index in [4.69, 9.17) is 0 Å². The summed E-state index contributed by atoms with van der Waals surface area (Å²) in [5.41, 5.74) is 1.08. The first-order chi connectivity index (χ1) is 8.08. The van der Waals surface area contributed by atoms with Crippen LogP contribution in [0.15, 0.2) is 18.2 Å². The summed E-state index contributed by atoms with van der Waals surface area (Å²) < 4.78 is 13.6. The number of carbonyl (C=O) groups is 1. The Morgan fingerprint density at radius 2 is 2.29 bits per heavy atom. The third-order valence-electron chi connectivity index (χ3n) is 3.01. The molecule has 0 bridgehead atoms. The molecule has 1 saturated heterocycles. The van der Waals surface area contributed by atoms with Crippen LogP contribution < -0.4 is 5.32 Å². The predicted molar refractivity (Wildman–Crippen MR) is 64.5 cm³/mol. The van der Waals surface area contributed by atoms with Gasteiger partial charge in [0.05, 0.1) is 5.56 Å². The summed E-state index contributed by atoms with van der Waals surface area (Å²) in [5.74, 6) is -0.647. The van der Waals surface area contributed by atoms with Crippen LogP contribution in [0, 0.1) is 12.7 Å². The van der Waals surface area contributed by atoms with Crippen LogP contribution in [-0.2, 0) is 0 Å². The highest BCUT2D eigenvalue weighted by molar-refractivity contribution is 5.94. The molecule has 2 rings (SSSR count). The lowest BCUT2D eigenvalue weighted by Crippen LogP contribution is -2.51. The first-order valence-electron chi connectivity index (χ1n) is 5.87. The van der Waals surface area contributed by atoms with Gasteiger partial charge in [0.2, 0.25) is 0 Å². The third-order valence-corrected chi connectivity index (χ3v) is 3.01. The van der Waals surface area contributed by atoms with Gasteiger partial charge in [0, 0.05) is 25.7 Å². The first kappa shape index (κ1) is 12.0. The fourth-order valence-corrected chi connectivity index (χ4v) is 2.09. The molecule has 1 fully saturated rings. The molecule has 4 heteroatoms. The molecule has 1 atom stereocenters. The molecule has 0 aliphatic carbocycles. The number of piperazine rings is 1. The second-order valence-corrected chi connectivity index (χ2v) is 4.59. The summed E-state index contributed by atoms with van der Waals surface area (Å²) >= 11 is 0. The van der Waals surface area contributed by atoms with Gasteiger partial charge in [-0.05, 0) is 26.0 Å². The highest BCUT2D eigenvalue weighted by Crippen LogP contribution is 2.14. The Labute approximate surface area is 101 Å². The minimum absolute atomic E-state index is 0.180. The fraction of sp³-hybridized carbons (Fsp3) is 0.462. The van der Waals surface area contributed by atoms with Gasteiger partial charge in [-0.1, -0.05) is 11.6 Å². The Morgan fingerprint density at radius 1 is 1.53 bits per heavy atom. The highest BCUT2D eigenvalue weighted by atomic mass is 19.1. The van der Waals surface area contributed by atoms with Gasteiger partial charge >= 0.3 is 0 Å². The van der Waals surface area contributed by atoms with E-state index in [0.29, 0.717) is 13.1 Å². The molecule has 1 aromatic rings. The normalized spacial score (nSPS) is 20.4. The second kappa shape index (κ2) is 4.84. The van der Waals surface area contributed by atoms with Crippen molar-refractivity contribution >= 4 is 5.91 Å². The lowest BCUT2D eigenvalue weighted by molar-refractivity contribution is 0.0704. The molecule has 0 radical (unpaired) electrons. The average molecular weight is 236 g/mol. The number of nitrogens with zero attached hydrogens (tertiary/aromatic N) is 1. The minimum Gasteiger partial charge on any atom is -0.336 e. The Balaban J connectivity index is 2.21. The Morgan fingerprint density at radius 3 is 3.00 bits per heavy atom. The average Bonchev–Trinajstić information content (AvgIpc) is 2.31. The maximum absolute atomic E-state index is 13.6. The van der Waals surface area contributed by atoms with Crippen LogP contribution in [0.3, 0.4) is 0 Å². The van der Waals surface area contributed by atoms with Crippen molar-refractivity contribution in [3.8, 4) is 0 Å². The van der Waals surface area contributed by atoms with Crippen LogP contribution in [-0.4, -0.2) is 36.5 Å². The molecule has 0 unspecified atom stereocenters. The zero-order chi connectivity index (χ0) is 12.4. The molecule has 1 amide bonds. The monoisotopic (exact) mass is 236 g/mol. The van der Waals surface area contributed by atoms with Crippen molar-refractivity contribution in [3.63, 3.8) is 0 Å². The Kier molecular flexibility index (Phi) is 3.43. The molecule has 1 aliphatic rings. The Hall–Kier alpha value is -1.42. The van der Waals surface area contributed by atoms with E-state index in [1.807, 2.05) is 13.8 Å². The molecular formula is C13H17FN2O. The maximum Gasteiger partial charge on any atom is 0.256 e. The van der Waals surface area contributed by atoms with E-state index < -0.39 is 5.82 Å². The Bertz CT molecular complexity index is 433. The molecule has 0 saturated carbocycles. The van der Waals surface area contributed by atoms with Crippen molar-refractivity contribution in [2.45, 2.75) is 19.9 Å². The van der Waals surface area contributed by atoms with Crippen molar-refractivity contribution in [2.75, 3.05) is 19.6 Å². The number of halogens is 1. The summed E-state index contributed by atoms with van der Waals surface area (Å²) in [6, 6.07) is 4.91. The topological polar surface area (TPSA) is 32.3 Å².